The van der Waals surface area contributed by atoms with Gasteiger partial charge in [-0.25, -0.2) is 4.79 Å². The molecule has 0 unspecified atom stereocenters. The third kappa shape index (κ3) is 3.22. The van der Waals surface area contributed by atoms with E-state index in [1.165, 1.54) is 0 Å². The van der Waals surface area contributed by atoms with Gasteiger partial charge in [-0.05, 0) is 12.1 Å². The number of hydrogen-bond donors (Lipinski definition) is 4. The third-order valence-electron chi connectivity index (χ3n) is 1.32. The Morgan fingerprint density at radius 2 is 1.43 bits per heavy atom. The Morgan fingerprint density at radius 3 is 1.71 bits per heavy atom. The molecule has 0 aromatic heterocycles. The molecule has 1 rings (SSSR count). The third-order valence-corrected chi connectivity index (χ3v) is 1.32. The van der Waals surface area contributed by atoms with Crippen LogP contribution >= 0.6 is 0 Å². The average Bonchev–Trinajstić information content (AvgIpc) is 1.99. The minimum Gasteiger partial charge on any atom is 0 e. The summed E-state index contributed by atoms with van der Waals surface area (Å²) >= 11 is 0. The number of rotatable bonds is 1. The Bertz CT molecular complexity index is 318. The SMILES string of the molecule is O=C(O)c1cc(O)c(O)c(O)c1.[LiH].[Zn]. The first-order valence-corrected chi connectivity index (χ1v) is 3.00. The van der Waals surface area contributed by atoms with E-state index in [0.29, 0.717) is 0 Å². The van der Waals surface area contributed by atoms with Gasteiger partial charge in [0, 0.05) is 19.5 Å². The van der Waals surface area contributed by atoms with Gasteiger partial charge in [-0.2, -0.15) is 0 Å². The van der Waals surface area contributed by atoms with Crippen LogP contribution in [0.1, 0.15) is 10.4 Å². The smallest absolute Gasteiger partial charge is 0 e. The summed E-state index contributed by atoms with van der Waals surface area (Å²) in [5.74, 6) is -3.33. The van der Waals surface area contributed by atoms with Gasteiger partial charge in [-0.3, -0.25) is 0 Å². The standard InChI is InChI=1S/C7H6O5.Li.Zn.H/c8-4-1-3(7(11)12)2-5(9)6(4)10;;;/h1-2,8-10H,(H,11,12);;;. The van der Waals surface area contributed by atoms with Gasteiger partial charge in [0.25, 0.3) is 0 Å². The van der Waals surface area contributed by atoms with Crippen molar-refractivity contribution >= 4 is 24.8 Å². The Kier molecular flexibility index (Phi) is 6.67. The van der Waals surface area contributed by atoms with E-state index in [9.17, 15) is 4.79 Å². The summed E-state index contributed by atoms with van der Waals surface area (Å²) in [4.78, 5) is 10.3. The Labute approximate surface area is 104 Å². The number of hydrogen-bond acceptors (Lipinski definition) is 4. The molecule has 4 N–H and O–H groups in total. The Morgan fingerprint density at radius 1 is 1.07 bits per heavy atom. The number of aromatic carboxylic acids is 1. The maximum atomic E-state index is 10.3. The molecule has 0 aliphatic rings. The molecule has 0 fully saturated rings. The van der Waals surface area contributed by atoms with Crippen molar-refractivity contribution in [3.8, 4) is 17.2 Å². The molecule has 0 amide bonds. The van der Waals surface area contributed by atoms with Crippen molar-refractivity contribution in [3.63, 3.8) is 0 Å². The van der Waals surface area contributed by atoms with Crippen molar-refractivity contribution in [1.82, 2.24) is 0 Å². The van der Waals surface area contributed by atoms with Gasteiger partial charge < -0.3 is 20.4 Å². The molecule has 5 nitrogen and oxygen atoms in total. The number of aromatic hydroxyl groups is 3. The van der Waals surface area contributed by atoms with E-state index in [2.05, 4.69) is 0 Å². The molecule has 0 spiro atoms. The van der Waals surface area contributed by atoms with Crippen molar-refractivity contribution in [2.45, 2.75) is 0 Å². The van der Waals surface area contributed by atoms with Crippen molar-refractivity contribution in [3.05, 3.63) is 17.7 Å². The Balaban J connectivity index is 0. The topological polar surface area (TPSA) is 98.0 Å². The van der Waals surface area contributed by atoms with Gasteiger partial charge in [-0.1, -0.05) is 0 Å². The molecule has 1 aromatic carbocycles. The zero-order valence-corrected chi connectivity index (χ0v) is 9.53. The molecule has 0 heterocycles. The maximum absolute atomic E-state index is 10.3. The predicted molar refractivity (Wildman–Crippen MR) is 45.5 cm³/mol. The van der Waals surface area contributed by atoms with Crippen LogP contribution in [-0.2, 0) is 19.5 Å². The van der Waals surface area contributed by atoms with Crippen molar-refractivity contribution in [2.24, 2.45) is 0 Å². The van der Waals surface area contributed by atoms with Gasteiger partial charge in [-0.15, -0.1) is 0 Å². The van der Waals surface area contributed by atoms with Crippen LogP contribution < -0.4 is 0 Å². The first-order chi connectivity index (χ1) is 5.52. The van der Waals surface area contributed by atoms with E-state index < -0.39 is 23.2 Å². The molecule has 1 aromatic rings. The first kappa shape index (κ1) is 15.8. The molecule has 0 saturated carbocycles. The average molecular weight is 243 g/mol. The van der Waals surface area contributed by atoms with E-state index >= 15 is 0 Å². The number of carboxylic acid groups (broad SMARTS) is 1. The fourth-order valence-electron chi connectivity index (χ4n) is 0.728. The molecule has 68 valence electrons. The monoisotopic (exact) mass is 242 g/mol. The van der Waals surface area contributed by atoms with Crippen LogP contribution in [0.2, 0.25) is 0 Å². The Hall–Kier alpha value is -0.689. The number of phenolic OH excluding ortho intramolecular Hbond substituents is 3. The van der Waals surface area contributed by atoms with E-state index in [-0.39, 0.29) is 43.9 Å². The zero-order chi connectivity index (χ0) is 9.30. The molecule has 0 bridgehead atoms. The van der Waals surface area contributed by atoms with E-state index in [1.807, 2.05) is 0 Å². The summed E-state index contributed by atoms with van der Waals surface area (Å²) in [5.41, 5.74) is -0.289. The molecule has 0 aliphatic carbocycles. The molecule has 0 radical (unpaired) electrons. The summed E-state index contributed by atoms with van der Waals surface area (Å²) < 4.78 is 0. The van der Waals surface area contributed by atoms with Gasteiger partial charge in [0.2, 0.25) is 0 Å². The largest absolute Gasteiger partial charge is 0 e. The first-order valence-electron chi connectivity index (χ1n) is 3.00. The predicted octanol–water partition coefficient (Wildman–Crippen LogP) is -0.149. The van der Waals surface area contributed by atoms with E-state index in [4.69, 9.17) is 20.4 Å². The van der Waals surface area contributed by atoms with E-state index in [1.54, 1.807) is 0 Å². The molecule has 14 heavy (non-hydrogen) atoms. The number of benzene rings is 1. The molecule has 0 atom stereocenters. The number of carboxylic acids is 1. The summed E-state index contributed by atoms with van der Waals surface area (Å²) in [6.07, 6.45) is 0. The summed E-state index contributed by atoms with van der Waals surface area (Å²) in [6, 6.07) is 1.69. The van der Waals surface area contributed by atoms with Crippen LogP contribution in [0.15, 0.2) is 12.1 Å². The number of carbonyl (C=O) groups is 1. The summed E-state index contributed by atoms with van der Waals surface area (Å²) in [6.45, 7) is 0. The fraction of sp³-hybridized carbons (Fsp3) is 0. The van der Waals surface area contributed by atoms with Crippen molar-refractivity contribution < 1.29 is 44.7 Å². The second kappa shape index (κ2) is 5.92. The molecular weight excluding hydrogens is 236 g/mol. The van der Waals surface area contributed by atoms with Crippen molar-refractivity contribution in [2.75, 3.05) is 0 Å². The fourth-order valence-corrected chi connectivity index (χ4v) is 0.728. The normalized spacial score (nSPS) is 8.29. The van der Waals surface area contributed by atoms with Crippen LogP contribution in [0.5, 0.6) is 17.2 Å². The second-order valence-electron chi connectivity index (χ2n) is 2.17. The van der Waals surface area contributed by atoms with Crippen LogP contribution in [0.25, 0.3) is 0 Å². The van der Waals surface area contributed by atoms with Crippen LogP contribution in [-0.4, -0.2) is 45.3 Å². The van der Waals surface area contributed by atoms with Gasteiger partial charge in [0.05, 0.1) is 5.56 Å². The molecule has 0 aliphatic heterocycles. The minimum atomic E-state index is -1.29. The van der Waals surface area contributed by atoms with Gasteiger partial charge in [0.15, 0.2) is 17.2 Å². The minimum absolute atomic E-state index is 0. The number of phenols is 3. The van der Waals surface area contributed by atoms with Gasteiger partial charge in [0.1, 0.15) is 0 Å². The maximum Gasteiger partial charge on any atom is 0 e. The molecule has 0 saturated heterocycles. The molecule has 7 heteroatoms. The van der Waals surface area contributed by atoms with Crippen LogP contribution in [0.3, 0.4) is 0 Å². The summed E-state index contributed by atoms with van der Waals surface area (Å²) in [5, 5.41) is 35.0. The zero-order valence-electron chi connectivity index (χ0n) is 6.56. The van der Waals surface area contributed by atoms with Gasteiger partial charge >= 0.3 is 24.8 Å². The quantitative estimate of drug-likeness (QED) is 0.406. The van der Waals surface area contributed by atoms with Crippen LogP contribution in [0, 0.1) is 0 Å². The molecular formula is C7H7LiO5Zn. The second-order valence-corrected chi connectivity index (χ2v) is 2.17. The summed E-state index contributed by atoms with van der Waals surface area (Å²) in [7, 11) is 0. The van der Waals surface area contributed by atoms with Crippen molar-refractivity contribution in [1.29, 1.82) is 0 Å². The van der Waals surface area contributed by atoms with Crippen LogP contribution in [0.4, 0.5) is 0 Å². The van der Waals surface area contributed by atoms with E-state index in [0.717, 1.165) is 12.1 Å².